The third-order valence-corrected chi connectivity index (χ3v) is 10.4. The van der Waals surface area contributed by atoms with E-state index in [1.165, 1.54) is 16.4 Å². The lowest BCUT2D eigenvalue weighted by Crippen LogP contribution is -2.51. The van der Waals surface area contributed by atoms with E-state index in [0.717, 1.165) is 24.8 Å². The number of alkyl carbamates (subject to hydrolysis) is 1. The fraction of sp³-hybridized carbons (Fsp3) is 0.529. The molecule has 5 rings (SSSR count). The van der Waals surface area contributed by atoms with Gasteiger partial charge >= 0.3 is 6.09 Å². The van der Waals surface area contributed by atoms with Crippen LogP contribution < -0.4 is 16.0 Å². The number of carbonyl (C=O) groups is 2. The van der Waals surface area contributed by atoms with Crippen molar-refractivity contribution in [2.45, 2.75) is 75.9 Å². The first-order chi connectivity index (χ1) is 22.6. The van der Waals surface area contributed by atoms with Gasteiger partial charge in [-0.3, -0.25) is 4.79 Å². The number of nitrogens with zero attached hydrogens (tertiary/aromatic N) is 1. The maximum absolute atomic E-state index is 14.2. The van der Waals surface area contributed by atoms with Gasteiger partial charge in [-0.15, -0.1) is 0 Å². The molecule has 0 spiro atoms. The number of rotatable bonds is 15. The average Bonchev–Trinajstić information content (AvgIpc) is 3.74. The molecule has 4 N–H and O–H groups in total. The first-order valence-corrected chi connectivity index (χ1v) is 17.8. The van der Waals surface area contributed by atoms with E-state index in [0.29, 0.717) is 30.0 Å². The number of anilines is 1. The van der Waals surface area contributed by atoms with Gasteiger partial charge in [0, 0.05) is 37.1 Å². The molecule has 3 aliphatic rings. The Labute approximate surface area is 276 Å². The first-order valence-electron chi connectivity index (χ1n) is 16.4. The van der Waals surface area contributed by atoms with E-state index in [-0.39, 0.29) is 55.0 Å². The molecule has 2 saturated heterocycles. The van der Waals surface area contributed by atoms with Gasteiger partial charge in [0.1, 0.15) is 6.10 Å². The molecule has 12 nitrogen and oxygen atoms in total. The highest BCUT2D eigenvalue weighted by atomic mass is 32.2. The van der Waals surface area contributed by atoms with Gasteiger partial charge in [0.25, 0.3) is 5.91 Å². The molecule has 13 heteroatoms. The van der Waals surface area contributed by atoms with Gasteiger partial charge in [-0.25, -0.2) is 13.2 Å². The number of carbonyl (C=O) groups excluding carboxylic acids is 2. The lowest BCUT2D eigenvalue weighted by Gasteiger charge is -2.31. The third kappa shape index (κ3) is 8.52. The van der Waals surface area contributed by atoms with Crippen molar-refractivity contribution in [3.63, 3.8) is 0 Å². The molecule has 256 valence electrons. The summed E-state index contributed by atoms with van der Waals surface area (Å²) in [5, 5.41) is 20.3. The quantitative estimate of drug-likeness (QED) is 0.165. The summed E-state index contributed by atoms with van der Waals surface area (Å²) in [5.41, 5.74) is 2.23. The summed E-state index contributed by atoms with van der Waals surface area (Å²) < 4.78 is 46.4. The van der Waals surface area contributed by atoms with E-state index in [9.17, 15) is 23.1 Å². The van der Waals surface area contributed by atoms with E-state index in [2.05, 4.69) is 22.9 Å². The zero-order valence-electron chi connectivity index (χ0n) is 27.2. The van der Waals surface area contributed by atoms with Crippen LogP contribution in [-0.2, 0) is 35.4 Å². The van der Waals surface area contributed by atoms with E-state index < -0.39 is 34.4 Å². The number of amides is 2. The van der Waals surface area contributed by atoms with Gasteiger partial charge in [-0.2, -0.15) is 4.31 Å². The summed E-state index contributed by atoms with van der Waals surface area (Å²) in [5.74, 6) is -0.428. The molecule has 0 aromatic heterocycles. The minimum atomic E-state index is -4.13. The van der Waals surface area contributed by atoms with Gasteiger partial charge in [0.15, 0.2) is 6.29 Å². The SMILES string of the molecule is CCCCNC=C1C(=O)Nc2ccc(S(=O)(=O)N(CC(C)C)CC(O)C(Cc3ccccc3)NC(=O)OC3COC4OCCC34)cc21. The number of sulfonamides is 1. The van der Waals surface area contributed by atoms with E-state index in [1.807, 2.05) is 44.2 Å². The summed E-state index contributed by atoms with van der Waals surface area (Å²) in [4.78, 5) is 25.8. The van der Waals surface area contributed by atoms with E-state index >= 15 is 0 Å². The molecule has 2 aromatic carbocycles. The molecular weight excluding hydrogens is 624 g/mol. The number of hydrogen-bond acceptors (Lipinski definition) is 9. The van der Waals surface area contributed by atoms with E-state index in [1.54, 1.807) is 12.3 Å². The van der Waals surface area contributed by atoms with Crippen LogP contribution in [0.25, 0.3) is 5.57 Å². The molecule has 3 aliphatic heterocycles. The Morgan fingerprint density at radius 2 is 1.96 bits per heavy atom. The van der Waals surface area contributed by atoms with Crippen LogP contribution in [0.15, 0.2) is 59.6 Å². The van der Waals surface area contributed by atoms with Crippen molar-refractivity contribution >= 4 is 33.3 Å². The lowest BCUT2D eigenvalue weighted by atomic mass is 10.0. The van der Waals surface area contributed by atoms with Gasteiger partial charge in [-0.05, 0) is 48.9 Å². The molecule has 5 unspecified atom stereocenters. The number of nitrogens with one attached hydrogen (secondary N) is 3. The van der Waals surface area contributed by atoms with Crippen LogP contribution >= 0.6 is 0 Å². The molecule has 5 atom stereocenters. The van der Waals surface area contributed by atoms with Crippen LogP contribution in [0, 0.1) is 11.8 Å². The van der Waals surface area contributed by atoms with Crippen molar-refractivity contribution in [3.05, 3.63) is 65.9 Å². The van der Waals surface area contributed by atoms with Crippen molar-refractivity contribution in [2.75, 3.05) is 38.2 Å². The fourth-order valence-electron chi connectivity index (χ4n) is 6.11. The number of aliphatic hydroxyl groups excluding tert-OH is 1. The summed E-state index contributed by atoms with van der Waals surface area (Å²) in [6.07, 6.45) is 1.66. The molecule has 0 radical (unpaired) electrons. The van der Waals surface area contributed by atoms with Crippen molar-refractivity contribution in [1.29, 1.82) is 0 Å². The second-order valence-electron chi connectivity index (χ2n) is 12.7. The summed E-state index contributed by atoms with van der Waals surface area (Å²) >= 11 is 0. The van der Waals surface area contributed by atoms with Gasteiger partial charge in [0.05, 0.1) is 41.7 Å². The summed E-state index contributed by atoms with van der Waals surface area (Å²) in [6, 6.07) is 13.0. The number of aliphatic hydroxyl groups is 1. The van der Waals surface area contributed by atoms with Gasteiger partial charge < -0.3 is 35.3 Å². The third-order valence-electron chi connectivity index (χ3n) is 8.60. The maximum atomic E-state index is 14.2. The standard InChI is InChI=1S/C34H46N4O8S/c1-4-5-14-35-18-27-26-17-24(11-12-28(26)36-32(27)40)47(42,43)38(19-22(2)3)20-30(39)29(16-23-9-7-6-8-10-23)37-34(41)46-31-21-45-33-25(31)13-15-44-33/h6-12,17-18,22,25,29-31,33,35,39H,4-5,13-16,19-21H2,1-3H3,(H,36,40)(H,37,41). The Bertz CT molecular complexity index is 1530. The maximum Gasteiger partial charge on any atom is 0.407 e. The predicted molar refractivity (Wildman–Crippen MR) is 177 cm³/mol. The van der Waals surface area contributed by atoms with Crippen molar-refractivity contribution in [3.8, 4) is 0 Å². The Kier molecular flexibility index (Phi) is 11.6. The normalized spacial score (nSPS) is 22.6. The van der Waals surface area contributed by atoms with Crippen molar-refractivity contribution in [1.82, 2.24) is 14.9 Å². The molecule has 3 heterocycles. The summed E-state index contributed by atoms with van der Waals surface area (Å²) in [7, 11) is -4.13. The van der Waals surface area contributed by atoms with Gasteiger partial charge in [0.2, 0.25) is 10.0 Å². The highest BCUT2D eigenvalue weighted by molar-refractivity contribution is 7.89. The van der Waals surface area contributed by atoms with Crippen LogP contribution in [-0.4, -0.2) is 87.2 Å². The zero-order chi connectivity index (χ0) is 33.6. The topological polar surface area (TPSA) is 156 Å². The zero-order valence-corrected chi connectivity index (χ0v) is 28.0. The minimum Gasteiger partial charge on any atom is -0.443 e. The van der Waals surface area contributed by atoms with Crippen LogP contribution in [0.1, 0.15) is 51.2 Å². The Hall–Kier alpha value is -3.49. The lowest BCUT2D eigenvalue weighted by molar-refractivity contribution is -0.110. The molecule has 2 aromatic rings. The summed E-state index contributed by atoms with van der Waals surface area (Å²) in [6.45, 7) is 7.16. The molecule has 2 amide bonds. The molecule has 0 saturated carbocycles. The number of fused-ring (bicyclic) bond motifs is 2. The number of hydrogen-bond donors (Lipinski definition) is 4. The Morgan fingerprint density at radius 1 is 1.17 bits per heavy atom. The molecular formula is C34H46N4O8S. The minimum absolute atomic E-state index is 0.00149. The molecule has 47 heavy (non-hydrogen) atoms. The van der Waals surface area contributed by atoms with Crippen LogP contribution in [0.2, 0.25) is 0 Å². The second kappa shape index (κ2) is 15.6. The molecule has 0 bridgehead atoms. The highest BCUT2D eigenvalue weighted by Gasteiger charge is 2.44. The van der Waals surface area contributed by atoms with Crippen LogP contribution in [0.4, 0.5) is 10.5 Å². The van der Waals surface area contributed by atoms with Crippen LogP contribution in [0.5, 0.6) is 0 Å². The average molecular weight is 671 g/mol. The smallest absolute Gasteiger partial charge is 0.407 e. The second-order valence-corrected chi connectivity index (χ2v) is 14.7. The van der Waals surface area contributed by atoms with Crippen molar-refractivity contribution < 1.29 is 37.3 Å². The van der Waals surface area contributed by atoms with Crippen molar-refractivity contribution in [2.24, 2.45) is 11.8 Å². The first kappa shape index (κ1) is 34.8. The number of ether oxygens (including phenoxy) is 3. The highest BCUT2D eigenvalue weighted by Crippen LogP contribution is 2.35. The molecule has 0 aliphatic carbocycles. The number of unbranched alkanes of at least 4 members (excludes halogenated alkanes) is 1. The Balaban J connectivity index is 1.35. The fourth-order valence-corrected chi connectivity index (χ4v) is 7.76. The van der Waals surface area contributed by atoms with Gasteiger partial charge in [-0.1, -0.05) is 57.5 Å². The van der Waals surface area contributed by atoms with Crippen LogP contribution in [0.3, 0.4) is 0 Å². The molecule has 2 fully saturated rings. The van der Waals surface area contributed by atoms with E-state index in [4.69, 9.17) is 14.2 Å². The number of benzene rings is 2. The Morgan fingerprint density at radius 3 is 2.70 bits per heavy atom. The largest absolute Gasteiger partial charge is 0.443 e. The monoisotopic (exact) mass is 670 g/mol. The predicted octanol–water partition coefficient (Wildman–Crippen LogP) is 3.48.